The molecule has 19 heavy (non-hydrogen) atoms. The molecule has 1 saturated carbocycles. The highest BCUT2D eigenvalue weighted by molar-refractivity contribution is 6.30. The summed E-state index contributed by atoms with van der Waals surface area (Å²) in [6.45, 7) is 9.60. The van der Waals surface area contributed by atoms with Crippen molar-refractivity contribution < 1.29 is 9.84 Å². The van der Waals surface area contributed by atoms with E-state index in [-0.39, 0.29) is 16.6 Å². The summed E-state index contributed by atoms with van der Waals surface area (Å²) < 4.78 is 5.11. The predicted molar refractivity (Wildman–Crippen MR) is 77.9 cm³/mol. The highest BCUT2D eigenvalue weighted by atomic mass is 35.5. The fourth-order valence-electron chi connectivity index (χ4n) is 2.84. The van der Waals surface area contributed by atoms with Crippen LogP contribution >= 0.6 is 11.6 Å². The van der Waals surface area contributed by atoms with Crippen molar-refractivity contribution in [1.29, 1.82) is 0 Å². The molecule has 1 aliphatic rings. The summed E-state index contributed by atoms with van der Waals surface area (Å²) in [5.74, 6) is 0.578. The summed E-state index contributed by atoms with van der Waals surface area (Å²) in [5, 5.41) is 14.2. The fourth-order valence-corrected chi connectivity index (χ4v) is 3.07. The van der Waals surface area contributed by atoms with Crippen LogP contribution in [-0.4, -0.2) is 18.3 Å². The molecular weight excluding hydrogens is 262 g/mol. The summed E-state index contributed by atoms with van der Waals surface area (Å²) in [4.78, 5) is 0. The van der Waals surface area contributed by atoms with Gasteiger partial charge in [-0.1, -0.05) is 39.3 Å². The summed E-state index contributed by atoms with van der Waals surface area (Å²) in [5.41, 5.74) is 1.30. The maximum atomic E-state index is 10.1. The highest BCUT2D eigenvalue weighted by Crippen LogP contribution is 2.62. The van der Waals surface area contributed by atoms with Crippen LogP contribution in [0.2, 0.25) is 5.02 Å². The van der Waals surface area contributed by atoms with E-state index in [0.29, 0.717) is 23.4 Å². The number of nitrogens with one attached hydrogen (secondary N) is 1. The first-order valence-electron chi connectivity index (χ1n) is 6.50. The van der Waals surface area contributed by atoms with Crippen molar-refractivity contribution in [1.82, 2.24) is 5.32 Å². The van der Waals surface area contributed by atoms with Gasteiger partial charge >= 0.3 is 0 Å². The standard InChI is InChI=1S/C15H22ClNO2/c1-14(2)13(15(14,3)4)17-8-9-6-10(16)7-11(19-5)12(9)18/h6-7,13,17-18H,8H2,1-5H3. The molecule has 0 aliphatic heterocycles. The summed E-state index contributed by atoms with van der Waals surface area (Å²) in [7, 11) is 1.52. The van der Waals surface area contributed by atoms with Crippen LogP contribution in [0.15, 0.2) is 12.1 Å². The third-order valence-electron chi connectivity index (χ3n) is 4.86. The summed E-state index contributed by atoms with van der Waals surface area (Å²) in [6.07, 6.45) is 0. The minimum Gasteiger partial charge on any atom is -0.504 e. The number of hydrogen-bond acceptors (Lipinski definition) is 3. The number of halogens is 1. The molecule has 106 valence electrons. The van der Waals surface area contributed by atoms with Crippen LogP contribution in [0, 0.1) is 10.8 Å². The molecule has 2 N–H and O–H groups in total. The zero-order valence-electron chi connectivity index (χ0n) is 12.2. The van der Waals surface area contributed by atoms with Crippen LogP contribution in [0.25, 0.3) is 0 Å². The molecule has 0 bridgehead atoms. The van der Waals surface area contributed by atoms with Crippen LogP contribution in [0.4, 0.5) is 0 Å². The Balaban J connectivity index is 2.11. The molecule has 0 atom stereocenters. The van der Waals surface area contributed by atoms with Gasteiger partial charge in [0.25, 0.3) is 0 Å². The average molecular weight is 284 g/mol. The van der Waals surface area contributed by atoms with E-state index in [2.05, 4.69) is 33.0 Å². The molecule has 1 aromatic carbocycles. The molecule has 1 aromatic rings. The topological polar surface area (TPSA) is 41.5 Å². The number of methoxy groups -OCH3 is 1. The SMILES string of the molecule is COc1cc(Cl)cc(CNC2C(C)(C)C2(C)C)c1O. The van der Waals surface area contributed by atoms with E-state index < -0.39 is 0 Å². The number of phenolic OH excluding ortho intramolecular Hbond substituents is 1. The Morgan fingerprint density at radius 1 is 1.26 bits per heavy atom. The molecule has 0 heterocycles. The molecule has 4 heteroatoms. The lowest BCUT2D eigenvalue weighted by molar-refractivity contribution is 0.369. The average Bonchev–Trinajstić information content (AvgIpc) is 2.70. The molecule has 1 aliphatic carbocycles. The van der Waals surface area contributed by atoms with E-state index in [1.807, 2.05) is 0 Å². The maximum absolute atomic E-state index is 10.1. The van der Waals surface area contributed by atoms with E-state index in [1.54, 1.807) is 12.1 Å². The first kappa shape index (κ1) is 14.5. The smallest absolute Gasteiger partial charge is 0.162 e. The molecule has 0 spiro atoms. The largest absolute Gasteiger partial charge is 0.504 e. The quantitative estimate of drug-likeness (QED) is 0.887. The van der Waals surface area contributed by atoms with Crippen molar-refractivity contribution in [2.45, 2.75) is 40.3 Å². The lowest BCUT2D eigenvalue weighted by atomic mass is 10.0. The second-order valence-electron chi connectivity index (χ2n) is 6.37. The molecule has 0 amide bonds. The lowest BCUT2D eigenvalue weighted by Crippen LogP contribution is -2.21. The van der Waals surface area contributed by atoms with E-state index in [0.717, 1.165) is 5.56 Å². The van der Waals surface area contributed by atoms with Gasteiger partial charge in [-0.2, -0.15) is 0 Å². The van der Waals surface area contributed by atoms with Crippen molar-refractivity contribution >= 4 is 11.6 Å². The molecule has 2 rings (SSSR count). The number of benzene rings is 1. The van der Waals surface area contributed by atoms with Gasteiger partial charge in [0.05, 0.1) is 7.11 Å². The summed E-state index contributed by atoms with van der Waals surface area (Å²) in [6, 6.07) is 3.82. The molecular formula is C15H22ClNO2. The zero-order valence-corrected chi connectivity index (χ0v) is 12.9. The van der Waals surface area contributed by atoms with Gasteiger partial charge in [-0.25, -0.2) is 0 Å². The van der Waals surface area contributed by atoms with E-state index in [4.69, 9.17) is 16.3 Å². The fraction of sp³-hybridized carbons (Fsp3) is 0.600. The third kappa shape index (κ3) is 2.30. The van der Waals surface area contributed by atoms with Crippen molar-refractivity contribution in [3.63, 3.8) is 0 Å². The van der Waals surface area contributed by atoms with Gasteiger partial charge in [0, 0.05) is 29.2 Å². The highest BCUT2D eigenvalue weighted by Gasteiger charge is 2.64. The van der Waals surface area contributed by atoms with Gasteiger partial charge in [-0.3, -0.25) is 0 Å². The Morgan fingerprint density at radius 2 is 1.84 bits per heavy atom. The molecule has 0 aromatic heterocycles. The van der Waals surface area contributed by atoms with E-state index >= 15 is 0 Å². The molecule has 3 nitrogen and oxygen atoms in total. The van der Waals surface area contributed by atoms with Crippen LogP contribution in [0.1, 0.15) is 33.3 Å². The van der Waals surface area contributed by atoms with Crippen molar-refractivity contribution in [2.24, 2.45) is 10.8 Å². The van der Waals surface area contributed by atoms with Crippen LogP contribution < -0.4 is 10.1 Å². The lowest BCUT2D eigenvalue weighted by Gasteiger charge is -2.12. The van der Waals surface area contributed by atoms with Crippen LogP contribution in [-0.2, 0) is 6.54 Å². The molecule has 0 unspecified atom stereocenters. The first-order valence-corrected chi connectivity index (χ1v) is 6.88. The Hall–Kier alpha value is -0.930. The number of phenols is 1. The Morgan fingerprint density at radius 3 is 2.32 bits per heavy atom. The molecule has 0 saturated heterocycles. The minimum absolute atomic E-state index is 0.163. The summed E-state index contributed by atoms with van der Waals surface area (Å²) >= 11 is 6.02. The van der Waals surface area contributed by atoms with Gasteiger partial charge in [0.15, 0.2) is 11.5 Å². The number of rotatable bonds is 4. The normalized spacial score (nSPS) is 20.3. The molecule has 1 fully saturated rings. The van der Waals surface area contributed by atoms with Gasteiger partial charge < -0.3 is 15.2 Å². The third-order valence-corrected chi connectivity index (χ3v) is 5.07. The molecule has 0 radical (unpaired) electrons. The number of ether oxygens (including phenoxy) is 1. The Bertz CT molecular complexity index is 483. The van der Waals surface area contributed by atoms with E-state index in [1.165, 1.54) is 7.11 Å². The van der Waals surface area contributed by atoms with Gasteiger partial charge in [-0.15, -0.1) is 0 Å². The Labute approximate surface area is 119 Å². The van der Waals surface area contributed by atoms with Crippen molar-refractivity contribution in [3.05, 3.63) is 22.7 Å². The van der Waals surface area contributed by atoms with Crippen LogP contribution in [0.5, 0.6) is 11.5 Å². The number of hydrogen-bond donors (Lipinski definition) is 2. The second kappa shape index (κ2) is 4.57. The monoisotopic (exact) mass is 283 g/mol. The van der Waals surface area contributed by atoms with E-state index in [9.17, 15) is 5.11 Å². The first-order chi connectivity index (χ1) is 8.71. The van der Waals surface area contributed by atoms with Crippen molar-refractivity contribution in [2.75, 3.05) is 7.11 Å². The van der Waals surface area contributed by atoms with Crippen LogP contribution in [0.3, 0.4) is 0 Å². The van der Waals surface area contributed by atoms with Gasteiger partial charge in [0.2, 0.25) is 0 Å². The predicted octanol–water partition coefficient (Wildman–Crippen LogP) is 3.58. The van der Waals surface area contributed by atoms with Crippen molar-refractivity contribution in [3.8, 4) is 11.5 Å². The van der Waals surface area contributed by atoms with Gasteiger partial charge in [-0.05, 0) is 16.9 Å². The Kier molecular flexibility index (Phi) is 3.48. The minimum atomic E-state index is 0.163. The maximum Gasteiger partial charge on any atom is 0.162 e. The zero-order chi connectivity index (χ0) is 14.4. The second-order valence-corrected chi connectivity index (χ2v) is 6.81. The van der Waals surface area contributed by atoms with Gasteiger partial charge in [0.1, 0.15) is 0 Å². The number of aromatic hydroxyl groups is 1.